The molecule has 0 bridgehead atoms. The summed E-state index contributed by atoms with van der Waals surface area (Å²) >= 11 is 0. The molecule has 130 valence electrons. The maximum atomic E-state index is 12.0. The summed E-state index contributed by atoms with van der Waals surface area (Å²) in [7, 11) is 3.91. The maximum Gasteiger partial charge on any atom is 0.249 e. The second-order valence-electron chi connectivity index (χ2n) is 6.53. The third-order valence-electron chi connectivity index (χ3n) is 4.45. The molecule has 2 rings (SSSR count). The van der Waals surface area contributed by atoms with Crippen molar-refractivity contribution in [2.24, 2.45) is 0 Å². The Hall–Kier alpha value is -2.21. The first-order valence-electron chi connectivity index (χ1n) is 8.17. The van der Waals surface area contributed by atoms with Crippen LogP contribution in [0.3, 0.4) is 0 Å². The number of imide groups is 1. The maximum absolute atomic E-state index is 12.0. The largest absolute Gasteiger partial charge is 0.331 e. The molecule has 3 amide bonds. The average Bonchev–Trinajstić information content (AvgIpc) is 2.74. The monoisotopic (exact) mass is 331 g/mol. The second-order valence-corrected chi connectivity index (χ2v) is 6.53. The molecule has 24 heavy (non-hydrogen) atoms. The van der Waals surface area contributed by atoms with Crippen LogP contribution in [0.5, 0.6) is 0 Å². The molecule has 0 saturated carbocycles. The fourth-order valence-electron chi connectivity index (χ4n) is 2.97. The minimum absolute atomic E-state index is 0.0287. The van der Waals surface area contributed by atoms with Gasteiger partial charge in [0, 0.05) is 13.0 Å². The molecule has 0 aromatic heterocycles. The van der Waals surface area contributed by atoms with E-state index in [4.69, 9.17) is 0 Å². The van der Waals surface area contributed by atoms with Gasteiger partial charge in [0.15, 0.2) is 0 Å². The number of amides is 3. The third kappa shape index (κ3) is 4.41. The van der Waals surface area contributed by atoms with E-state index in [1.807, 2.05) is 19.0 Å². The zero-order chi connectivity index (χ0) is 17.7. The van der Waals surface area contributed by atoms with Gasteiger partial charge in [0.25, 0.3) is 0 Å². The van der Waals surface area contributed by atoms with Crippen LogP contribution in [-0.2, 0) is 14.4 Å². The Morgan fingerprint density at radius 1 is 1.33 bits per heavy atom. The van der Waals surface area contributed by atoms with E-state index in [1.54, 1.807) is 0 Å². The number of carbonyl (C=O) groups excluding carboxylic acids is 3. The number of likely N-dealkylation sites (N-methyl/N-ethyl adjacent to an activating group) is 1. The van der Waals surface area contributed by atoms with Crippen LogP contribution in [0.15, 0.2) is 35.5 Å². The van der Waals surface area contributed by atoms with Gasteiger partial charge in [-0.15, -0.1) is 0 Å². The molecule has 2 unspecified atom stereocenters. The zero-order valence-electron chi connectivity index (χ0n) is 14.5. The van der Waals surface area contributed by atoms with Crippen molar-refractivity contribution in [2.75, 3.05) is 20.6 Å². The summed E-state index contributed by atoms with van der Waals surface area (Å²) in [6, 6.07) is -0.616. The SMILES string of the molecule is CC1=CC=C(C(CN(C=O)C2CCC(=O)NC2=O)N(C)C)C=CC1. The molecular weight excluding hydrogens is 306 g/mol. The van der Waals surface area contributed by atoms with Gasteiger partial charge in [0.1, 0.15) is 6.04 Å². The van der Waals surface area contributed by atoms with Gasteiger partial charge in [-0.2, -0.15) is 0 Å². The van der Waals surface area contributed by atoms with Crippen molar-refractivity contribution in [3.8, 4) is 0 Å². The molecule has 0 aromatic rings. The lowest BCUT2D eigenvalue weighted by molar-refractivity contribution is -0.141. The van der Waals surface area contributed by atoms with Crippen LogP contribution in [0, 0.1) is 0 Å². The van der Waals surface area contributed by atoms with E-state index < -0.39 is 11.9 Å². The Morgan fingerprint density at radius 3 is 2.71 bits per heavy atom. The molecule has 1 fully saturated rings. The highest BCUT2D eigenvalue weighted by Gasteiger charge is 2.33. The quantitative estimate of drug-likeness (QED) is 0.583. The Balaban J connectivity index is 2.18. The first kappa shape index (κ1) is 18.1. The van der Waals surface area contributed by atoms with E-state index in [9.17, 15) is 14.4 Å². The Labute approximate surface area is 142 Å². The molecule has 1 aliphatic heterocycles. The zero-order valence-corrected chi connectivity index (χ0v) is 14.5. The summed E-state index contributed by atoms with van der Waals surface area (Å²) < 4.78 is 0. The number of allylic oxidation sites excluding steroid dienone is 4. The topological polar surface area (TPSA) is 69.7 Å². The number of carbonyl (C=O) groups is 3. The van der Waals surface area contributed by atoms with Gasteiger partial charge in [-0.05, 0) is 39.4 Å². The van der Waals surface area contributed by atoms with Crippen molar-refractivity contribution in [3.63, 3.8) is 0 Å². The molecule has 0 radical (unpaired) electrons. The molecular formula is C18H25N3O3. The average molecular weight is 331 g/mol. The first-order chi connectivity index (χ1) is 11.4. The predicted molar refractivity (Wildman–Crippen MR) is 92.0 cm³/mol. The van der Waals surface area contributed by atoms with Crippen molar-refractivity contribution in [1.29, 1.82) is 0 Å². The normalized spacial score (nSPS) is 22.4. The lowest BCUT2D eigenvalue weighted by atomic mass is 10.0. The van der Waals surface area contributed by atoms with Crippen molar-refractivity contribution < 1.29 is 14.4 Å². The fraction of sp³-hybridized carbons (Fsp3) is 0.500. The molecule has 1 aliphatic carbocycles. The van der Waals surface area contributed by atoms with E-state index in [2.05, 4.69) is 36.5 Å². The van der Waals surface area contributed by atoms with Gasteiger partial charge in [0.2, 0.25) is 18.2 Å². The Bertz CT molecular complexity index is 605. The number of rotatable bonds is 6. The van der Waals surface area contributed by atoms with E-state index in [0.29, 0.717) is 19.4 Å². The fourth-order valence-corrected chi connectivity index (χ4v) is 2.97. The van der Waals surface area contributed by atoms with Crippen LogP contribution in [0.1, 0.15) is 26.2 Å². The highest BCUT2D eigenvalue weighted by atomic mass is 16.2. The van der Waals surface area contributed by atoms with Gasteiger partial charge >= 0.3 is 0 Å². The van der Waals surface area contributed by atoms with Crippen LogP contribution < -0.4 is 5.32 Å². The summed E-state index contributed by atoms with van der Waals surface area (Å²) in [5.41, 5.74) is 2.37. The smallest absolute Gasteiger partial charge is 0.249 e. The molecule has 0 aromatic carbocycles. The minimum atomic E-state index is -0.588. The van der Waals surface area contributed by atoms with Crippen LogP contribution in [0.4, 0.5) is 0 Å². The van der Waals surface area contributed by atoms with Crippen molar-refractivity contribution in [3.05, 3.63) is 35.5 Å². The molecule has 1 N–H and O–H groups in total. The van der Waals surface area contributed by atoms with Crippen molar-refractivity contribution in [2.45, 2.75) is 38.3 Å². The van der Waals surface area contributed by atoms with E-state index in [0.717, 1.165) is 12.0 Å². The van der Waals surface area contributed by atoms with Gasteiger partial charge in [-0.25, -0.2) is 0 Å². The Kier molecular flexibility index (Phi) is 6.09. The summed E-state index contributed by atoms with van der Waals surface area (Å²) in [5.74, 6) is -0.668. The number of nitrogens with zero attached hydrogens (tertiary/aromatic N) is 2. The van der Waals surface area contributed by atoms with Crippen LogP contribution in [-0.4, -0.2) is 60.7 Å². The van der Waals surface area contributed by atoms with E-state index in [-0.39, 0.29) is 18.4 Å². The first-order valence-corrected chi connectivity index (χ1v) is 8.17. The number of nitrogens with one attached hydrogen (secondary N) is 1. The highest BCUT2D eigenvalue weighted by Crippen LogP contribution is 2.19. The number of hydrogen-bond acceptors (Lipinski definition) is 4. The van der Waals surface area contributed by atoms with Gasteiger partial charge < -0.3 is 9.80 Å². The summed E-state index contributed by atoms with van der Waals surface area (Å²) in [4.78, 5) is 38.5. The van der Waals surface area contributed by atoms with E-state index in [1.165, 1.54) is 10.5 Å². The molecule has 0 spiro atoms. The lowest BCUT2D eigenvalue weighted by Crippen LogP contribution is -2.55. The molecule has 2 aliphatic rings. The van der Waals surface area contributed by atoms with Crippen molar-refractivity contribution in [1.82, 2.24) is 15.1 Å². The number of piperidine rings is 1. The molecule has 1 saturated heterocycles. The summed E-state index contributed by atoms with van der Waals surface area (Å²) in [5, 5.41) is 2.31. The van der Waals surface area contributed by atoms with Crippen LogP contribution >= 0.6 is 0 Å². The van der Waals surface area contributed by atoms with E-state index >= 15 is 0 Å². The van der Waals surface area contributed by atoms with Gasteiger partial charge in [0.05, 0.1) is 6.04 Å². The van der Waals surface area contributed by atoms with Crippen LogP contribution in [0.2, 0.25) is 0 Å². The standard InChI is InChI=1S/C18H25N3O3/c1-13-5-4-6-14(8-7-13)16(20(2)3)11-21(12-22)15-9-10-17(23)19-18(15)24/h4,6-8,12,15-16H,5,9-11H2,1-3H3,(H,19,23,24). The summed E-state index contributed by atoms with van der Waals surface area (Å²) in [6.45, 7) is 2.47. The molecule has 1 heterocycles. The molecule has 2 atom stereocenters. The van der Waals surface area contributed by atoms with Crippen molar-refractivity contribution >= 4 is 18.2 Å². The highest BCUT2D eigenvalue weighted by molar-refractivity contribution is 6.00. The van der Waals surface area contributed by atoms with Gasteiger partial charge in [-0.1, -0.05) is 29.9 Å². The third-order valence-corrected chi connectivity index (χ3v) is 4.45. The summed E-state index contributed by atoms with van der Waals surface area (Å²) in [6.07, 6.45) is 10.6. The lowest BCUT2D eigenvalue weighted by Gasteiger charge is -2.35. The van der Waals surface area contributed by atoms with Gasteiger partial charge in [-0.3, -0.25) is 19.7 Å². The van der Waals surface area contributed by atoms with Crippen LogP contribution in [0.25, 0.3) is 0 Å². The Morgan fingerprint density at radius 2 is 2.08 bits per heavy atom. The molecule has 6 heteroatoms. The predicted octanol–water partition coefficient (Wildman–Crippen LogP) is 1.01. The second kappa shape index (κ2) is 8.06. The minimum Gasteiger partial charge on any atom is -0.331 e. The number of hydrogen-bond donors (Lipinski definition) is 1. The molecule has 6 nitrogen and oxygen atoms in total.